The number of rotatable bonds is 9. The lowest BCUT2D eigenvalue weighted by atomic mass is 10.1. The summed E-state index contributed by atoms with van der Waals surface area (Å²) in [5.74, 6) is 0.409. The molecular weight excluding hydrogens is 567 g/mol. The minimum Gasteiger partial charge on any atom is -0.490 e. The van der Waals surface area contributed by atoms with E-state index in [0.717, 1.165) is 26.8 Å². The van der Waals surface area contributed by atoms with E-state index in [1.807, 2.05) is 43.3 Å². The van der Waals surface area contributed by atoms with Crippen LogP contribution in [0.4, 0.5) is 5.69 Å². The van der Waals surface area contributed by atoms with E-state index in [9.17, 15) is 9.59 Å². The number of carbonyl (C=O) groups excluding carboxylic acids is 2. The van der Waals surface area contributed by atoms with Crippen molar-refractivity contribution in [3.05, 3.63) is 56.0 Å². The Morgan fingerprint density at radius 3 is 2.62 bits per heavy atom. The molecule has 1 saturated heterocycles. The molecule has 0 unspecified atom stereocenters. The number of amides is 1. The summed E-state index contributed by atoms with van der Waals surface area (Å²) < 4.78 is 17.1. The van der Waals surface area contributed by atoms with Gasteiger partial charge in [0.05, 0.1) is 27.4 Å². The first kappa shape index (κ1) is 26.1. The molecule has 1 aliphatic rings. The van der Waals surface area contributed by atoms with Gasteiger partial charge in [0, 0.05) is 7.05 Å². The van der Waals surface area contributed by atoms with Crippen LogP contribution in [0.15, 0.2) is 46.3 Å². The first-order valence-electron chi connectivity index (χ1n) is 11.0. The molecule has 1 heterocycles. The lowest BCUT2D eigenvalue weighted by molar-refractivity contribution is -0.145. The van der Waals surface area contributed by atoms with Crippen LogP contribution in [0.2, 0.25) is 0 Å². The number of likely N-dealkylation sites (N-methyl/N-ethyl adjacent to an activating group) is 1. The topological polar surface area (TPSA) is 77.4 Å². The normalized spacial score (nSPS) is 15.8. The van der Waals surface area contributed by atoms with Gasteiger partial charge in [-0.2, -0.15) is 0 Å². The van der Waals surface area contributed by atoms with Crippen molar-refractivity contribution in [1.82, 2.24) is 4.90 Å². The monoisotopic (exact) mass is 594 g/mol. The van der Waals surface area contributed by atoms with Gasteiger partial charge in [0.15, 0.2) is 23.3 Å². The number of para-hydroxylation sites is 1. The second kappa shape index (κ2) is 12.3. The highest BCUT2D eigenvalue weighted by atomic mass is 127. The summed E-state index contributed by atoms with van der Waals surface area (Å²) in [6.07, 6.45) is 2.68. The van der Waals surface area contributed by atoms with Gasteiger partial charge in [-0.25, -0.2) is 9.79 Å². The van der Waals surface area contributed by atoms with Crippen molar-refractivity contribution >= 4 is 63.2 Å². The molecule has 0 N–H and O–H groups in total. The summed E-state index contributed by atoms with van der Waals surface area (Å²) in [5.41, 5.74) is 2.78. The van der Waals surface area contributed by atoms with Gasteiger partial charge in [0.1, 0.15) is 0 Å². The Balaban J connectivity index is 1.89. The second-order valence-corrected chi connectivity index (χ2v) is 9.38. The van der Waals surface area contributed by atoms with Gasteiger partial charge in [-0.15, -0.1) is 0 Å². The number of thioether (sulfide) groups is 1. The van der Waals surface area contributed by atoms with Gasteiger partial charge < -0.3 is 14.2 Å². The molecule has 3 rings (SSSR count). The Bertz CT molecular complexity index is 1130. The number of esters is 1. The van der Waals surface area contributed by atoms with Gasteiger partial charge in [-0.3, -0.25) is 9.69 Å². The third-order valence-corrected chi connectivity index (χ3v) is 6.72. The predicted molar refractivity (Wildman–Crippen MR) is 144 cm³/mol. The van der Waals surface area contributed by atoms with Crippen molar-refractivity contribution in [3.63, 3.8) is 0 Å². The fourth-order valence-corrected chi connectivity index (χ4v) is 4.99. The van der Waals surface area contributed by atoms with Gasteiger partial charge in [-0.1, -0.05) is 25.1 Å². The number of hydrogen-bond acceptors (Lipinski definition) is 7. The van der Waals surface area contributed by atoms with E-state index in [1.54, 1.807) is 24.9 Å². The van der Waals surface area contributed by atoms with E-state index in [0.29, 0.717) is 34.8 Å². The molecular formula is C25H27IN2O5S. The van der Waals surface area contributed by atoms with Gasteiger partial charge >= 0.3 is 5.97 Å². The summed E-state index contributed by atoms with van der Waals surface area (Å²) >= 11 is 3.47. The molecule has 1 fully saturated rings. The number of nitrogens with zero attached hydrogens (tertiary/aromatic N) is 2. The number of aliphatic imine (C=N–C) groups is 1. The maximum absolute atomic E-state index is 12.9. The van der Waals surface area contributed by atoms with Crippen LogP contribution in [-0.4, -0.2) is 48.8 Å². The first-order chi connectivity index (χ1) is 16.4. The molecule has 7 nitrogen and oxygen atoms in total. The van der Waals surface area contributed by atoms with Crippen LogP contribution in [0.5, 0.6) is 11.5 Å². The van der Waals surface area contributed by atoms with Crippen molar-refractivity contribution in [2.24, 2.45) is 4.99 Å². The van der Waals surface area contributed by atoms with Gasteiger partial charge in [0.2, 0.25) is 0 Å². The molecule has 9 heteroatoms. The molecule has 0 saturated carbocycles. The zero-order valence-corrected chi connectivity index (χ0v) is 22.6. The molecule has 1 aliphatic heterocycles. The van der Waals surface area contributed by atoms with E-state index >= 15 is 0 Å². The van der Waals surface area contributed by atoms with E-state index < -0.39 is 5.97 Å². The van der Waals surface area contributed by atoms with Crippen molar-refractivity contribution < 1.29 is 23.8 Å². The Hall–Kier alpha value is -2.53. The predicted octanol–water partition coefficient (Wildman–Crippen LogP) is 5.43. The van der Waals surface area contributed by atoms with Crippen LogP contribution in [0, 0.1) is 3.57 Å². The van der Waals surface area contributed by atoms with Crippen LogP contribution < -0.4 is 9.47 Å². The van der Waals surface area contributed by atoms with Crippen LogP contribution in [0.1, 0.15) is 31.9 Å². The smallest absolute Gasteiger partial charge is 0.344 e. The van der Waals surface area contributed by atoms with Crippen LogP contribution in [0.25, 0.3) is 6.08 Å². The quantitative estimate of drug-likeness (QED) is 0.219. The third kappa shape index (κ3) is 6.32. The Morgan fingerprint density at radius 1 is 1.15 bits per heavy atom. The third-order valence-electron chi connectivity index (χ3n) is 4.86. The average molecular weight is 594 g/mol. The maximum atomic E-state index is 12.9. The molecule has 0 aliphatic carbocycles. The standard InChI is InChI=1S/C25H27IN2O5S/c1-5-17-10-8-9-11-19(17)27-25-28(4)24(30)21(34-25)14-16-12-18(26)23(20(13-16)31-6-2)33-15-22(29)32-7-3/h8-14H,5-7,15H2,1-4H3/b21-14+,27-25?. The Morgan fingerprint density at radius 2 is 1.91 bits per heavy atom. The number of hydrogen-bond donors (Lipinski definition) is 0. The first-order valence-corrected chi connectivity index (χ1v) is 12.9. The van der Waals surface area contributed by atoms with E-state index in [1.165, 1.54) is 11.8 Å². The molecule has 0 spiro atoms. The highest BCUT2D eigenvalue weighted by Crippen LogP contribution is 2.38. The summed E-state index contributed by atoms with van der Waals surface area (Å²) in [7, 11) is 1.73. The zero-order valence-electron chi connectivity index (χ0n) is 19.6. The molecule has 0 aromatic heterocycles. The summed E-state index contributed by atoms with van der Waals surface area (Å²) in [6, 6.07) is 11.6. The summed E-state index contributed by atoms with van der Waals surface area (Å²) in [4.78, 5) is 31.5. The number of benzene rings is 2. The molecule has 180 valence electrons. The molecule has 0 bridgehead atoms. The van der Waals surface area contributed by atoms with Crippen molar-refractivity contribution in [2.75, 3.05) is 26.9 Å². The lowest BCUT2D eigenvalue weighted by Crippen LogP contribution is -2.23. The number of carbonyl (C=O) groups is 2. The number of halogens is 1. The largest absolute Gasteiger partial charge is 0.490 e. The summed E-state index contributed by atoms with van der Waals surface area (Å²) in [5, 5.41) is 0.631. The molecule has 2 aromatic rings. The van der Waals surface area contributed by atoms with Crippen molar-refractivity contribution in [2.45, 2.75) is 27.2 Å². The molecule has 0 radical (unpaired) electrons. The summed E-state index contributed by atoms with van der Waals surface area (Å²) in [6.45, 7) is 6.21. The molecule has 2 aromatic carbocycles. The minimum atomic E-state index is -0.445. The highest BCUT2D eigenvalue weighted by Gasteiger charge is 2.30. The van der Waals surface area contributed by atoms with Crippen molar-refractivity contribution in [1.29, 1.82) is 0 Å². The fraction of sp³-hybridized carbons (Fsp3) is 0.320. The van der Waals surface area contributed by atoms with E-state index in [4.69, 9.17) is 19.2 Å². The van der Waals surface area contributed by atoms with Crippen LogP contribution in [0.3, 0.4) is 0 Å². The van der Waals surface area contributed by atoms with E-state index in [2.05, 4.69) is 29.5 Å². The zero-order chi connectivity index (χ0) is 24.7. The highest BCUT2D eigenvalue weighted by molar-refractivity contribution is 14.1. The SMILES string of the molecule is CCOC(=O)COc1c(I)cc(/C=C2/SC(=Nc3ccccc3CC)N(C)C2=O)cc1OCC. The molecule has 1 amide bonds. The minimum absolute atomic E-state index is 0.117. The Kier molecular flexibility index (Phi) is 9.40. The van der Waals surface area contributed by atoms with Crippen LogP contribution >= 0.6 is 34.4 Å². The number of aryl methyl sites for hydroxylation is 1. The molecule has 34 heavy (non-hydrogen) atoms. The number of ether oxygens (including phenoxy) is 3. The van der Waals surface area contributed by atoms with Gasteiger partial charge in [-0.05, 0) is 90.0 Å². The molecule has 0 atom stereocenters. The lowest BCUT2D eigenvalue weighted by Gasteiger charge is -2.14. The van der Waals surface area contributed by atoms with Gasteiger partial charge in [0.25, 0.3) is 5.91 Å². The average Bonchev–Trinajstić information content (AvgIpc) is 3.07. The van der Waals surface area contributed by atoms with Crippen molar-refractivity contribution in [3.8, 4) is 11.5 Å². The maximum Gasteiger partial charge on any atom is 0.344 e. The second-order valence-electron chi connectivity index (χ2n) is 7.21. The number of amidine groups is 1. The Labute approximate surface area is 217 Å². The van der Waals surface area contributed by atoms with E-state index in [-0.39, 0.29) is 12.5 Å². The van der Waals surface area contributed by atoms with Crippen LogP contribution in [-0.2, 0) is 20.7 Å². The fourth-order valence-electron chi connectivity index (χ4n) is 3.23.